The van der Waals surface area contributed by atoms with E-state index in [2.05, 4.69) is 28.8 Å². The predicted octanol–water partition coefficient (Wildman–Crippen LogP) is 4.61. The van der Waals surface area contributed by atoms with Crippen LogP contribution < -0.4 is 0 Å². The van der Waals surface area contributed by atoms with E-state index in [-0.39, 0.29) is 5.78 Å². The number of carbonyl (C=O) groups excluding carboxylic acids is 1. The average Bonchev–Trinajstić information content (AvgIpc) is 3.20. The van der Waals surface area contributed by atoms with Gasteiger partial charge in [0.25, 0.3) is 0 Å². The first-order chi connectivity index (χ1) is 12.2. The molecule has 0 unspecified atom stereocenters. The summed E-state index contributed by atoms with van der Waals surface area (Å²) in [6.07, 6.45) is 3.49. The maximum absolute atomic E-state index is 12.1. The zero-order chi connectivity index (χ0) is 17.0. The molecule has 122 valence electrons. The van der Waals surface area contributed by atoms with Gasteiger partial charge in [-0.1, -0.05) is 29.8 Å². The van der Waals surface area contributed by atoms with Crippen LogP contribution in [0.5, 0.6) is 0 Å². The van der Waals surface area contributed by atoms with E-state index in [1.165, 1.54) is 0 Å². The van der Waals surface area contributed by atoms with Gasteiger partial charge in [0.1, 0.15) is 0 Å². The summed E-state index contributed by atoms with van der Waals surface area (Å²) in [6.45, 7) is 0.525. The Kier molecular flexibility index (Phi) is 3.19. The molecule has 1 aromatic heterocycles. The Morgan fingerprint density at radius 2 is 1.96 bits per heavy atom. The number of fused-ring (bicyclic) bond motifs is 4. The molecular formula is C21H15ClN2O. The second-order valence-corrected chi connectivity index (χ2v) is 6.87. The number of hydrogen-bond donors (Lipinski definition) is 0. The number of Topliss-reactive ketones (excluding diaryl/α,β-unsaturated/α-hetero) is 1. The molecule has 0 fully saturated rings. The molecule has 0 saturated carbocycles. The fourth-order valence-electron chi connectivity index (χ4n) is 3.78. The lowest BCUT2D eigenvalue weighted by Gasteiger charge is -2.12. The van der Waals surface area contributed by atoms with Crippen LogP contribution in [0.25, 0.3) is 5.69 Å². The molecule has 2 heterocycles. The van der Waals surface area contributed by atoms with Gasteiger partial charge in [-0.2, -0.15) is 0 Å². The minimum atomic E-state index is 0.229. The molecule has 5 rings (SSSR count). The number of carbonyl (C=O) groups is 1. The number of hydrogen-bond acceptors (Lipinski definition) is 2. The molecule has 1 aliphatic carbocycles. The fourth-order valence-corrected chi connectivity index (χ4v) is 4.01. The Balaban J connectivity index is 1.71. The largest absolute Gasteiger partial charge is 0.315 e. The van der Waals surface area contributed by atoms with Crippen molar-refractivity contribution in [2.45, 2.75) is 19.4 Å². The topological polar surface area (TPSA) is 34.4 Å². The van der Waals surface area contributed by atoms with Crippen molar-refractivity contribution in [3.8, 4) is 5.69 Å². The standard InChI is InChI=1S/C21H15ClN2O/c22-17-3-1-4-18-16(17)12-23-21(19-5-2-10-24(18)19)14-7-6-13-8-9-20(25)15(13)11-14/h1-7,10-11H,8-9,12H2. The van der Waals surface area contributed by atoms with Gasteiger partial charge in [0, 0.05) is 34.3 Å². The SMILES string of the molecule is O=C1CCc2ccc(C3=NCc4c(Cl)cccc4-n4cccc43)cc21. The van der Waals surface area contributed by atoms with Crippen molar-refractivity contribution in [3.05, 3.63) is 87.7 Å². The molecule has 2 aliphatic rings. The van der Waals surface area contributed by atoms with E-state index in [1.807, 2.05) is 30.5 Å². The van der Waals surface area contributed by atoms with Gasteiger partial charge < -0.3 is 4.57 Å². The predicted molar refractivity (Wildman–Crippen MR) is 99.2 cm³/mol. The summed E-state index contributed by atoms with van der Waals surface area (Å²) in [5.74, 6) is 0.229. The van der Waals surface area contributed by atoms with Crippen LogP contribution in [0, 0.1) is 0 Å². The summed E-state index contributed by atoms with van der Waals surface area (Å²) in [5.41, 5.74) is 6.98. The number of halogens is 1. The van der Waals surface area contributed by atoms with E-state index < -0.39 is 0 Å². The quantitative estimate of drug-likeness (QED) is 0.633. The molecule has 3 nitrogen and oxygen atoms in total. The number of nitrogens with zero attached hydrogens (tertiary/aromatic N) is 2. The summed E-state index contributed by atoms with van der Waals surface area (Å²) in [6, 6.07) is 16.1. The maximum atomic E-state index is 12.1. The summed E-state index contributed by atoms with van der Waals surface area (Å²) in [7, 11) is 0. The highest BCUT2D eigenvalue weighted by molar-refractivity contribution is 6.31. The molecular weight excluding hydrogens is 332 g/mol. The van der Waals surface area contributed by atoms with E-state index in [9.17, 15) is 4.79 Å². The Labute approximate surface area is 150 Å². The normalized spacial score (nSPS) is 15.2. The third-order valence-corrected chi connectivity index (χ3v) is 5.40. The zero-order valence-corrected chi connectivity index (χ0v) is 14.3. The van der Waals surface area contributed by atoms with E-state index in [1.54, 1.807) is 0 Å². The van der Waals surface area contributed by atoms with E-state index >= 15 is 0 Å². The first-order valence-corrected chi connectivity index (χ1v) is 8.76. The molecule has 0 atom stereocenters. The number of rotatable bonds is 1. The number of aromatic nitrogens is 1. The van der Waals surface area contributed by atoms with Crippen LogP contribution in [0.3, 0.4) is 0 Å². The van der Waals surface area contributed by atoms with Crippen LogP contribution in [0.15, 0.2) is 59.7 Å². The zero-order valence-electron chi connectivity index (χ0n) is 13.5. The molecule has 25 heavy (non-hydrogen) atoms. The summed E-state index contributed by atoms with van der Waals surface area (Å²) >= 11 is 6.41. The monoisotopic (exact) mass is 346 g/mol. The highest BCUT2D eigenvalue weighted by Gasteiger charge is 2.23. The molecule has 0 spiro atoms. The van der Waals surface area contributed by atoms with Crippen molar-refractivity contribution in [3.63, 3.8) is 0 Å². The van der Waals surface area contributed by atoms with Crippen molar-refractivity contribution in [2.75, 3.05) is 0 Å². The van der Waals surface area contributed by atoms with Gasteiger partial charge in [0.15, 0.2) is 5.78 Å². The molecule has 1 aliphatic heterocycles. The van der Waals surface area contributed by atoms with Gasteiger partial charge in [0.2, 0.25) is 0 Å². The lowest BCUT2D eigenvalue weighted by atomic mass is 10.0. The van der Waals surface area contributed by atoms with Gasteiger partial charge in [-0.05, 0) is 42.3 Å². The third-order valence-electron chi connectivity index (χ3n) is 5.05. The van der Waals surface area contributed by atoms with Crippen molar-refractivity contribution in [1.29, 1.82) is 0 Å². The minimum absolute atomic E-state index is 0.229. The van der Waals surface area contributed by atoms with Gasteiger partial charge >= 0.3 is 0 Å². The van der Waals surface area contributed by atoms with Crippen LogP contribution in [0.4, 0.5) is 0 Å². The number of ketones is 1. The molecule has 4 heteroatoms. The van der Waals surface area contributed by atoms with Crippen molar-refractivity contribution in [1.82, 2.24) is 4.57 Å². The molecule has 0 bridgehead atoms. The molecule has 0 saturated heterocycles. The maximum Gasteiger partial charge on any atom is 0.163 e. The van der Waals surface area contributed by atoms with Gasteiger partial charge in [-0.15, -0.1) is 0 Å². The highest BCUT2D eigenvalue weighted by Crippen LogP contribution is 2.31. The van der Waals surface area contributed by atoms with Crippen LogP contribution >= 0.6 is 11.6 Å². The molecule has 2 aromatic carbocycles. The minimum Gasteiger partial charge on any atom is -0.315 e. The number of aliphatic imine (C=N–C) groups is 1. The Morgan fingerprint density at radius 1 is 1.04 bits per heavy atom. The Bertz CT molecular complexity index is 1060. The third kappa shape index (κ3) is 2.19. The van der Waals surface area contributed by atoms with Gasteiger partial charge in [-0.25, -0.2) is 0 Å². The summed E-state index contributed by atoms with van der Waals surface area (Å²) in [4.78, 5) is 17.0. The average molecular weight is 347 g/mol. The van der Waals surface area contributed by atoms with Gasteiger partial charge in [-0.3, -0.25) is 9.79 Å². The highest BCUT2D eigenvalue weighted by atomic mass is 35.5. The molecule has 3 aromatic rings. The Morgan fingerprint density at radius 3 is 2.88 bits per heavy atom. The van der Waals surface area contributed by atoms with Crippen LogP contribution in [0.1, 0.15) is 39.2 Å². The van der Waals surface area contributed by atoms with E-state index in [0.717, 1.165) is 50.8 Å². The lowest BCUT2D eigenvalue weighted by Crippen LogP contribution is -2.09. The van der Waals surface area contributed by atoms with Crippen LogP contribution in [0.2, 0.25) is 5.02 Å². The van der Waals surface area contributed by atoms with Crippen LogP contribution in [-0.4, -0.2) is 16.1 Å². The summed E-state index contributed by atoms with van der Waals surface area (Å²) < 4.78 is 2.13. The number of aryl methyl sites for hydroxylation is 1. The first-order valence-electron chi connectivity index (χ1n) is 8.39. The first kappa shape index (κ1) is 14.7. The van der Waals surface area contributed by atoms with E-state index in [4.69, 9.17) is 16.6 Å². The fraction of sp³-hybridized carbons (Fsp3) is 0.143. The lowest BCUT2D eigenvalue weighted by molar-refractivity contribution is 0.0994. The second kappa shape index (κ2) is 5.43. The molecule has 0 amide bonds. The van der Waals surface area contributed by atoms with Crippen molar-refractivity contribution >= 4 is 23.1 Å². The smallest absolute Gasteiger partial charge is 0.163 e. The Hall–Kier alpha value is -2.65. The summed E-state index contributed by atoms with van der Waals surface area (Å²) in [5, 5.41) is 0.728. The van der Waals surface area contributed by atoms with Gasteiger partial charge in [0.05, 0.1) is 23.6 Å². The second-order valence-electron chi connectivity index (χ2n) is 6.46. The van der Waals surface area contributed by atoms with Crippen molar-refractivity contribution < 1.29 is 4.79 Å². The van der Waals surface area contributed by atoms with E-state index in [0.29, 0.717) is 13.0 Å². The number of benzene rings is 2. The van der Waals surface area contributed by atoms with Crippen molar-refractivity contribution in [2.24, 2.45) is 4.99 Å². The molecule has 0 radical (unpaired) electrons. The van der Waals surface area contributed by atoms with Crippen LogP contribution in [-0.2, 0) is 13.0 Å². The molecule has 0 N–H and O–H groups in total.